The summed E-state index contributed by atoms with van der Waals surface area (Å²) in [4.78, 5) is 36.0. The van der Waals surface area contributed by atoms with Gasteiger partial charge in [-0.1, -0.05) is 6.92 Å². The van der Waals surface area contributed by atoms with Crippen LogP contribution in [0.15, 0.2) is 27.6 Å². The fraction of sp³-hybridized carbons (Fsp3) is 0.462. The molecule has 1 aromatic rings. The number of likely N-dealkylation sites (tertiary alicyclic amines) is 1. The molecule has 1 aromatic heterocycles. The van der Waals surface area contributed by atoms with Gasteiger partial charge in [-0.2, -0.15) is 0 Å². The van der Waals surface area contributed by atoms with Gasteiger partial charge < -0.3 is 14.6 Å². The van der Waals surface area contributed by atoms with Gasteiger partial charge in [0.1, 0.15) is 6.54 Å². The Labute approximate surface area is 124 Å². The molecular weight excluding hydrogens is 328 g/mol. The highest BCUT2D eigenvalue weighted by molar-refractivity contribution is 9.10. The van der Waals surface area contributed by atoms with E-state index in [1.807, 2.05) is 0 Å². The molecule has 6 nitrogen and oxygen atoms in total. The van der Waals surface area contributed by atoms with Crippen molar-refractivity contribution in [3.63, 3.8) is 0 Å². The van der Waals surface area contributed by atoms with E-state index in [2.05, 4.69) is 15.9 Å². The Kier molecular flexibility index (Phi) is 4.27. The van der Waals surface area contributed by atoms with Crippen LogP contribution in [0.2, 0.25) is 0 Å². The number of aromatic nitrogens is 1. The topological polar surface area (TPSA) is 79.6 Å². The fourth-order valence-electron chi connectivity index (χ4n) is 2.11. The van der Waals surface area contributed by atoms with E-state index in [4.69, 9.17) is 5.11 Å². The normalized spacial score (nSPS) is 16.6. The van der Waals surface area contributed by atoms with Crippen LogP contribution in [-0.4, -0.2) is 39.5 Å². The maximum atomic E-state index is 12.0. The second-order valence-electron chi connectivity index (χ2n) is 5.00. The Bertz CT molecular complexity index is 592. The van der Waals surface area contributed by atoms with Crippen molar-refractivity contribution in [2.24, 2.45) is 11.8 Å². The lowest BCUT2D eigenvalue weighted by Gasteiger charge is -2.41. The second-order valence-corrected chi connectivity index (χ2v) is 5.91. The minimum absolute atomic E-state index is 0.00400. The van der Waals surface area contributed by atoms with Gasteiger partial charge in [-0.15, -0.1) is 0 Å². The third-order valence-corrected chi connectivity index (χ3v) is 4.08. The van der Waals surface area contributed by atoms with Crippen LogP contribution in [0.25, 0.3) is 0 Å². The van der Waals surface area contributed by atoms with Crippen LogP contribution in [0, 0.1) is 11.8 Å². The monoisotopic (exact) mass is 342 g/mol. The van der Waals surface area contributed by atoms with Gasteiger partial charge >= 0.3 is 5.97 Å². The molecule has 1 N–H and O–H groups in total. The van der Waals surface area contributed by atoms with E-state index >= 15 is 0 Å². The van der Waals surface area contributed by atoms with E-state index in [-0.39, 0.29) is 23.9 Å². The molecule has 1 unspecified atom stereocenters. The van der Waals surface area contributed by atoms with Crippen molar-refractivity contribution in [3.8, 4) is 0 Å². The zero-order valence-corrected chi connectivity index (χ0v) is 12.5. The number of rotatable bonds is 4. The average molecular weight is 343 g/mol. The van der Waals surface area contributed by atoms with Gasteiger partial charge in [0.15, 0.2) is 0 Å². The summed E-state index contributed by atoms with van der Waals surface area (Å²) >= 11 is 3.25. The predicted octanol–water partition coefficient (Wildman–Crippen LogP) is 0.790. The van der Waals surface area contributed by atoms with E-state index in [1.54, 1.807) is 24.1 Å². The first-order valence-corrected chi connectivity index (χ1v) is 7.04. The molecule has 0 spiro atoms. The first-order valence-electron chi connectivity index (χ1n) is 6.25. The van der Waals surface area contributed by atoms with E-state index in [0.717, 1.165) is 4.47 Å². The number of aliphatic carboxylic acids is 1. The highest BCUT2D eigenvalue weighted by atomic mass is 79.9. The van der Waals surface area contributed by atoms with Crippen LogP contribution in [-0.2, 0) is 16.1 Å². The molecule has 108 valence electrons. The van der Waals surface area contributed by atoms with Crippen LogP contribution in [0.4, 0.5) is 0 Å². The lowest BCUT2D eigenvalue weighted by atomic mass is 9.87. The second kappa shape index (κ2) is 5.78. The van der Waals surface area contributed by atoms with Crippen molar-refractivity contribution in [1.29, 1.82) is 0 Å². The fourth-order valence-corrected chi connectivity index (χ4v) is 2.48. The summed E-state index contributed by atoms with van der Waals surface area (Å²) in [5.41, 5.74) is -0.238. The van der Waals surface area contributed by atoms with Gasteiger partial charge in [0.2, 0.25) is 5.91 Å². The molecule has 20 heavy (non-hydrogen) atoms. The molecule has 1 aliphatic heterocycles. The van der Waals surface area contributed by atoms with Crippen LogP contribution >= 0.6 is 15.9 Å². The van der Waals surface area contributed by atoms with Crippen LogP contribution < -0.4 is 5.56 Å². The molecule has 1 amide bonds. The SMILES string of the molecule is CC(C(=O)O)C1CN(C(=O)Cn2cc(Br)ccc2=O)C1. The number of amides is 1. The number of pyridine rings is 1. The quantitative estimate of drug-likeness (QED) is 0.877. The molecule has 1 fully saturated rings. The van der Waals surface area contributed by atoms with Gasteiger partial charge in [-0.3, -0.25) is 14.4 Å². The summed E-state index contributed by atoms with van der Waals surface area (Å²) in [7, 11) is 0. The lowest BCUT2D eigenvalue weighted by molar-refractivity contribution is -0.150. The van der Waals surface area contributed by atoms with Gasteiger partial charge in [-0.05, 0) is 22.0 Å². The third kappa shape index (κ3) is 3.09. The van der Waals surface area contributed by atoms with E-state index in [9.17, 15) is 14.4 Å². The molecule has 0 radical (unpaired) electrons. The average Bonchev–Trinajstić information content (AvgIpc) is 2.31. The van der Waals surface area contributed by atoms with E-state index in [0.29, 0.717) is 13.1 Å². The molecular formula is C13H15BrN2O4. The van der Waals surface area contributed by atoms with Crippen molar-refractivity contribution in [3.05, 3.63) is 33.2 Å². The molecule has 1 aliphatic rings. The standard InChI is InChI=1S/C13H15BrN2O4/c1-8(13(19)20)9-4-15(5-9)12(18)7-16-6-10(14)2-3-11(16)17/h2-3,6,8-9H,4-5,7H2,1H3,(H,19,20). The number of nitrogens with zero attached hydrogens (tertiary/aromatic N) is 2. The zero-order valence-electron chi connectivity index (χ0n) is 11.0. The Morgan fingerprint density at radius 3 is 2.70 bits per heavy atom. The zero-order chi connectivity index (χ0) is 14.9. The predicted molar refractivity (Wildman–Crippen MR) is 75.3 cm³/mol. The summed E-state index contributed by atoms with van der Waals surface area (Å²) < 4.78 is 2.06. The number of halogens is 1. The third-order valence-electron chi connectivity index (χ3n) is 3.61. The molecule has 0 bridgehead atoms. The van der Waals surface area contributed by atoms with Crippen LogP contribution in [0.3, 0.4) is 0 Å². The Morgan fingerprint density at radius 1 is 1.45 bits per heavy atom. The highest BCUT2D eigenvalue weighted by Crippen LogP contribution is 2.24. The van der Waals surface area contributed by atoms with E-state index in [1.165, 1.54) is 10.6 Å². The van der Waals surface area contributed by atoms with Crippen molar-refractivity contribution >= 4 is 27.8 Å². The first-order chi connectivity index (χ1) is 9.38. The molecule has 1 atom stereocenters. The number of carbonyl (C=O) groups excluding carboxylic acids is 1. The molecule has 0 aromatic carbocycles. The number of carboxylic acid groups (broad SMARTS) is 1. The Balaban J connectivity index is 1.93. The minimum Gasteiger partial charge on any atom is -0.481 e. The van der Waals surface area contributed by atoms with Gasteiger partial charge in [-0.25, -0.2) is 0 Å². The van der Waals surface area contributed by atoms with Gasteiger partial charge in [0, 0.05) is 35.7 Å². The van der Waals surface area contributed by atoms with Crippen molar-refractivity contribution in [2.75, 3.05) is 13.1 Å². The lowest BCUT2D eigenvalue weighted by Crippen LogP contribution is -2.54. The van der Waals surface area contributed by atoms with Crippen molar-refractivity contribution in [1.82, 2.24) is 9.47 Å². The molecule has 0 aliphatic carbocycles. The first kappa shape index (κ1) is 14.8. The summed E-state index contributed by atoms with van der Waals surface area (Å²) in [6, 6.07) is 3.01. The Morgan fingerprint density at radius 2 is 2.10 bits per heavy atom. The largest absolute Gasteiger partial charge is 0.481 e. The number of carboxylic acids is 1. The van der Waals surface area contributed by atoms with Crippen molar-refractivity contribution < 1.29 is 14.7 Å². The molecule has 2 rings (SSSR count). The summed E-state index contributed by atoms with van der Waals surface area (Å²) in [6.45, 7) is 2.50. The summed E-state index contributed by atoms with van der Waals surface area (Å²) in [6.07, 6.45) is 1.57. The maximum absolute atomic E-state index is 12.0. The van der Waals surface area contributed by atoms with E-state index < -0.39 is 11.9 Å². The summed E-state index contributed by atoms with van der Waals surface area (Å²) in [5.74, 6) is -1.47. The van der Waals surface area contributed by atoms with Gasteiger partial charge in [0.05, 0.1) is 5.92 Å². The number of hydrogen-bond acceptors (Lipinski definition) is 3. The van der Waals surface area contributed by atoms with Crippen LogP contribution in [0.5, 0.6) is 0 Å². The molecule has 2 heterocycles. The maximum Gasteiger partial charge on any atom is 0.306 e. The number of hydrogen-bond donors (Lipinski definition) is 1. The van der Waals surface area contributed by atoms with Crippen molar-refractivity contribution in [2.45, 2.75) is 13.5 Å². The molecule has 7 heteroatoms. The van der Waals surface area contributed by atoms with Gasteiger partial charge in [0.25, 0.3) is 5.56 Å². The smallest absolute Gasteiger partial charge is 0.306 e. The minimum atomic E-state index is -0.842. The molecule has 0 saturated carbocycles. The highest BCUT2D eigenvalue weighted by Gasteiger charge is 2.36. The van der Waals surface area contributed by atoms with Crippen LogP contribution in [0.1, 0.15) is 6.92 Å². The Hall–Kier alpha value is -1.63. The summed E-state index contributed by atoms with van der Waals surface area (Å²) in [5, 5.41) is 8.89. The number of carbonyl (C=O) groups is 2. The molecule has 1 saturated heterocycles.